The van der Waals surface area contributed by atoms with Crippen molar-refractivity contribution in [3.05, 3.63) is 10.6 Å². The molecule has 23 heavy (non-hydrogen) atoms. The van der Waals surface area contributed by atoms with Crippen LogP contribution in [0.15, 0.2) is 10.6 Å². The zero-order valence-electron chi connectivity index (χ0n) is 15.3. The van der Waals surface area contributed by atoms with Crippen LogP contribution in [0.4, 0.5) is 4.79 Å². The fourth-order valence-corrected chi connectivity index (χ4v) is 3.99. The highest BCUT2D eigenvalue weighted by atomic mass is 79.9. The van der Waals surface area contributed by atoms with Gasteiger partial charge in [0.25, 0.3) is 5.91 Å². The molecule has 1 rings (SSSR count). The number of carbonyl (C=O) groups excluding carboxylic acids is 2. The third kappa shape index (κ3) is 5.43. The summed E-state index contributed by atoms with van der Waals surface area (Å²) in [6.45, 7) is 15.6. The molecule has 7 heteroatoms. The molecular weight excluding hydrogens is 378 g/mol. The Morgan fingerprint density at radius 3 is 2.17 bits per heavy atom. The van der Waals surface area contributed by atoms with E-state index in [1.807, 2.05) is 20.8 Å². The van der Waals surface area contributed by atoms with Crippen LogP contribution in [0.2, 0.25) is 13.1 Å². The maximum Gasteiger partial charge on any atom is 0.417 e. The van der Waals surface area contributed by atoms with Gasteiger partial charge < -0.3 is 9.16 Å². The van der Waals surface area contributed by atoms with Crippen LogP contribution in [0.25, 0.3) is 0 Å². The van der Waals surface area contributed by atoms with Gasteiger partial charge in [0.15, 0.2) is 9.04 Å². The van der Waals surface area contributed by atoms with Gasteiger partial charge in [-0.25, -0.2) is 9.69 Å². The van der Waals surface area contributed by atoms with Gasteiger partial charge in [-0.05, 0) is 61.3 Å². The lowest BCUT2D eigenvalue weighted by Gasteiger charge is -2.39. The summed E-state index contributed by atoms with van der Waals surface area (Å²) < 4.78 is 12.0. The molecule has 2 amide bonds. The predicted molar refractivity (Wildman–Crippen MR) is 97.1 cm³/mol. The molecule has 0 bridgehead atoms. The van der Waals surface area contributed by atoms with E-state index in [9.17, 15) is 9.59 Å². The van der Waals surface area contributed by atoms with Crippen molar-refractivity contribution in [3.63, 3.8) is 0 Å². The first-order valence-electron chi connectivity index (χ1n) is 7.83. The second-order valence-corrected chi connectivity index (χ2v) is 11.4. The van der Waals surface area contributed by atoms with Crippen LogP contribution in [-0.4, -0.2) is 43.7 Å². The first kappa shape index (κ1) is 20.4. The molecular formula is C16H28BrNO4Si. The Morgan fingerprint density at radius 2 is 1.78 bits per heavy atom. The van der Waals surface area contributed by atoms with Crippen LogP contribution in [0.5, 0.6) is 0 Å². The summed E-state index contributed by atoms with van der Waals surface area (Å²) in [4.78, 5) is 26.1. The fourth-order valence-electron chi connectivity index (χ4n) is 2.37. The molecule has 132 valence electrons. The van der Waals surface area contributed by atoms with E-state index in [1.165, 1.54) is 4.90 Å². The Balaban J connectivity index is 3.17. The molecule has 0 aromatic rings. The molecule has 2 atom stereocenters. The lowest BCUT2D eigenvalue weighted by Crippen LogP contribution is -2.53. The number of hydrogen-bond acceptors (Lipinski definition) is 4. The number of hydrogen-bond donors (Lipinski definition) is 0. The number of imide groups is 1. The van der Waals surface area contributed by atoms with Crippen molar-refractivity contribution in [1.82, 2.24) is 4.90 Å². The number of nitrogens with zero attached hydrogens (tertiary/aromatic N) is 1. The first-order chi connectivity index (χ1) is 10.2. The van der Waals surface area contributed by atoms with Gasteiger partial charge in [0, 0.05) is 0 Å². The molecule has 1 heterocycles. The second kappa shape index (κ2) is 7.07. The van der Waals surface area contributed by atoms with Crippen LogP contribution >= 0.6 is 15.9 Å². The molecule has 0 fully saturated rings. The van der Waals surface area contributed by atoms with Crippen molar-refractivity contribution in [2.45, 2.75) is 72.4 Å². The largest absolute Gasteiger partial charge is 0.443 e. The Morgan fingerprint density at radius 1 is 1.26 bits per heavy atom. The molecule has 0 spiro atoms. The Labute approximate surface area is 149 Å². The SMILES string of the molecule is C[SiH](C)OC(C1C=C(Br)C(=O)N1C(=O)OC(C)(C)C)C(C)(C)C. The third-order valence-corrected chi connectivity index (χ3v) is 4.65. The average molecular weight is 406 g/mol. The number of carbonyl (C=O) groups is 2. The van der Waals surface area contributed by atoms with E-state index in [-0.39, 0.29) is 17.4 Å². The summed E-state index contributed by atoms with van der Waals surface area (Å²) >= 11 is 3.25. The van der Waals surface area contributed by atoms with Crippen molar-refractivity contribution in [1.29, 1.82) is 0 Å². The smallest absolute Gasteiger partial charge is 0.417 e. The Hall–Kier alpha value is -0.663. The summed E-state index contributed by atoms with van der Waals surface area (Å²) in [5.74, 6) is -0.382. The molecule has 0 aromatic carbocycles. The summed E-state index contributed by atoms with van der Waals surface area (Å²) in [5, 5.41) is 0. The van der Waals surface area contributed by atoms with Crippen molar-refractivity contribution in [2.24, 2.45) is 5.41 Å². The van der Waals surface area contributed by atoms with Gasteiger partial charge in [0.2, 0.25) is 0 Å². The average Bonchev–Trinajstić information content (AvgIpc) is 2.58. The second-order valence-electron chi connectivity index (χ2n) is 8.13. The topological polar surface area (TPSA) is 55.8 Å². The Bertz CT molecular complexity index is 505. The zero-order valence-corrected chi connectivity index (χ0v) is 18.0. The quantitative estimate of drug-likeness (QED) is 0.669. The highest BCUT2D eigenvalue weighted by Crippen LogP contribution is 2.35. The van der Waals surface area contributed by atoms with Crippen molar-refractivity contribution in [2.75, 3.05) is 0 Å². The standard InChI is InChI=1S/C16H28BrNO4Si/c1-15(2,3)12(22-23(7)8)11-9-10(17)13(19)18(11)14(20)21-16(4,5)6/h9,11-12,23H,1-8H3. The van der Waals surface area contributed by atoms with E-state index in [4.69, 9.17) is 9.16 Å². The number of rotatable bonds is 3. The molecule has 0 aliphatic carbocycles. The molecule has 0 N–H and O–H groups in total. The van der Waals surface area contributed by atoms with E-state index >= 15 is 0 Å². The van der Waals surface area contributed by atoms with Gasteiger partial charge in [0.05, 0.1) is 16.6 Å². The lowest BCUT2D eigenvalue weighted by molar-refractivity contribution is -0.127. The zero-order chi connectivity index (χ0) is 18.2. The van der Waals surface area contributed by atoms with E-state index in [2.05, 4.69) is 29.0 Å². The molecule has 0 saturated carbocycles. The van der Waals surface area contributed by atoms with Crippen molar-refractivity contribution in [3.8, 4) is 0 Å². The normalized spacial score (nSPS) is 20.8. The van der Waals surface area contributed by atoms with Crippen LogP contribution in [-0.2, 0) is 14.0 Å². The summed E-state index contributed by atoms with van der Waals surface area (Å²) in [7, 11) is -1.36. The molecule has 1 aliphatic heterocycles. The predicted octanol–water partition coefficient (Wildman–Crippen LogP) is 3.83. The highest BCUT2D eigenvalue weighted by molar-refractivity contribution is 9.12. The summed E-state index contributed by atoms with van der Waals surface area (Å²) in [6.07, 6.45) is 0.834. The van der Waals surface area contributed by atoms with E-state index in [0.29, 0.717) is 4.48 Å². The van der Waals surface area contributed by atoms with Gasteiger partial charge in [-0.1, -0.05) is 20.8 Å². The number of halogens is 1. The minimum atomic E-state index is -1.36. The van der Waals surface area contributed by atoms with Crippen LogP contribution in [0.1, 0.15) is 41.5 Å². The third-order valence-electron chi connectivity index (χ3n) is 3.21. The van der Waals surface area contributed by atoms with E-state index < -0.39 is 26.8 Å². The fraction of sp³-hybridized carbons (Fsp3) is 0.750. The summed E-state index contributed by atoms with van der Waals surface area (Å²) in [5.41, 5.74) is -0.890. The molecule has 0 aromatic heterocycles. The van der Waals surface area contributed by atoms with Gasteiger partial charge in [-0.3, -0.25) is 4.79 Å². The molecule has 0 radical (unpaired) electrons. The van der Waals surface area contributed by atoms with Crippen LogP contribution in [0.3, 0.4) is 0 Å². The summed E-state index contributed by atoms with van der Waals surface area (Å²) in [6, 6.07) is -0.471. The van der Waals surface area contributed by atoms with Crippen molar-refractivity contribution >= 4 is 37.0 Å². The maximum absolute atomic E-state index is 12.5. The maximum atomic E-state index is 12.5. The van der Waals surface area contributed by atoms with Gasteiger partial charge in [-0.15, -0.1) is 0 Å². The Kier molecular flexibility index (Phi) is 6.26. The van der Waals surface area contributed by atoms with Crippen molar-refractivity contribution < 1.29 is 18.8 Å². The first-order valence-corrected chi connectivity index (χ1v) is 11.4. The molecule has 0 saturated heterocycles. The van der Waals surface area contributed by atoms with Gasteiger partial charge in [0.1, 0.15) is 5.60 Å². The minimum Gasteiger partial charge on any atom is -0.443 e. The van der Waals surface area contributed by atoms with E-state index in [1.54, 1.807) is 26.8 Å². The number of amides is 2. The number of ether oxygens (including phenoxy) is 1. The van der Waals surface area contributed by atoms with Crippen LogP contribution in [0, 0.1) is 5.41 Å². The molecule has 5 nitrogen and oxygen atoms in total. The van der Waals surface area contributed by atoms with Gasteiger partial charge >= 0.3 is 6.09 Å². The highest BCUT2D eigenvalue weighted by Gasteiger charge is 2.46. The monoisotopic (exact) mass is 405 g/mol. The lowest BCUT2D eigenvalue weighted by atomic mass is 9.84. The minimum absolute atomic E-state index is 0.226. The molecule has 2 unspecified atom stereocenters. The van der Waals surface area contributed by atoms with Crippen LogP contribution < -0.4 is 0 Å². The molecule has 1 aliphatic rings. The van der Waals surface area contributed by atoms with E-state index in [0.717, 1.165) is 0 Å². The van der Waals surface area contributed by atoms with Gasteiger partial charge in [-0.2, -0.15) is 0 Å².